The Morgan fingerprint density at radius 2 is 1.86 bits per heavy atom. The van der Waals surface area contributed by atoms with Crippen LogP contribution in [0.3, 0.4) is 0 Å². The Bertz CT molecular complexity index is 1140. The average Bonchev–Trinajstić information content (AvgIpc) is 3.36. The average molecular weight is 392 g/mol. The number of aromatic amines is 1. The molecule has 2 N–H and O–H groups in total. The van der Waals surface area contributed by atoms with Crippen LogP contribution in [0.25, 0.3) is 33.3 Å². The van der Waals surface area contributed by atoms with Gasteiger partial charge in [0.2, 0.25) is 0 Å². The summed E-state index contributed by atoms with van der Waals surface area (Å²) in [6.45, 7) is 0.890. The van der Waals surface area contributed by atoms with Gasteiger partial charge in [-0.2, -0.15) is 5.10 Å². The fourth-order valence-electron chi connectivity index (χ4n) is 3.78. The van der Waals surface area contributed by atoms with Crippen LogP contribution in [0.15, 0.2) is 55.0 Å². The third-order valence-electron chi connectivity index (χ3n) is 5.19. The highest BCUT2D eigenvalue weighted by Crippen LogP contribution is 2.32. The molecule has 5 rings (SSSR count). The van der Waals surface area contributed by atoms with Gasteiger partial charge in [-0.25, -0.2) is 4.98 Å². The number of aliphatic hydroxyl groups excluding tert-OH is 1. The molecule has 4 heterocycles. The summed E-state index contributed by atoms with van der Waals surface area (Å²) < 4.78 is 0. The lowest BCUT2D eigenvalue weighted by Crippen LogP contribution is -2.28. The Morgan fingerprint density at radius 1 is 1.04 bits per heavy atom. The number of nitrogens with one attached hydrogen (secondary N) is 1. The normalized spacial score (nSPS) is 16.8. The summed E-state index contributed by atoms with van der Waals surface area (Å²) in [7, 11) is 0. The van der Waals surface area contributed by atoms with E-state index in [0.29, 0.717) is 10.8 Å². The van der Waals surface area contributed by atoms with Gasteiger partial charge in [-0.3, -0.25) is 10.1 Å². The van der Waals surface area contributed by atoms with Crippen LogP contribution in [0.5, 0.6) is 0 Å². The van der Waals surface area contributed by atoms with Crippen molar-refractivity contribution >= 4 is 28.3 Å². The van der Waals surface area contributed by atoms with Crippen LogP contribution >= 0.6 is 11.6 Å². The molecule has 140 valence electrons. The van der Waals surface area contributed by atoms with Crippen LogP contribution in [0.2, 0.25) is 5.15 Å². The minimum Gasteiger partial charge on any atom is -0.374 e. The van der Waals surface area contributed by atoms with Gasteiger partial charge in [0.1, 0.15) is 11.4 Å². The maximum absolute atomic E-state index is 10.1. The van der Waals surface area contributed by atoms with Crippen LogP contribution in [-0.4, -0.2) is 38.0 Å². The van der Waals surface area contributed by atoms with Crippen LogP contribution in [0, 0.1) is 0 Å². The Balaban J connectivity index is 1.51. The van der Waals surface area contributed by atoms with Gasteiger partial charge in [0, 0.05) is 41.1 Å². The van der Waals surface area contributed by atoms with Crippen molar-refractivity contribution in [2.75, 3.05) is 11.4 Å². The van der Waals surface area contributed by atoms with Crippen LogP contribution < -0.4 is 4.90 Å². The number of rotatable bonds is 3. The highest BCUT2D eigenvalue weighted by molar-refractivity contribution is 6.30. The third-order valence-corrected chi connectivity index (χ3v) is 5.39. The van der Waals surface area contributed by atoms with Crippen molar-refractivity contribution in [2.24, 2.45) is 0 Å². The lowest BCUT2D eigenvalue weighted by Gasteiger charge is -2.22. The number of fused-ring (bicyclic) bond motifs is 1. The van der Waals surface area contributed by atoms with Crippen molar-refractivity contribution in [3.05, 3.63) is 60.1 Å². The summed E-state index contributed by atoms with van der Waals surface area (Å²) in [6, 6.07) is 12.1. The summed E-state index contributed by atoms with van der Waals surface area (Å²) in [4.78, 5) is 10.7. The molecule has 0 radical (unpaired) electrons. The van der Waals surface area contributed by atoms with Gasteiger partial charge in [-0.1, -0.05) is 23.7 Å². The Kier molecular flexibility index (Phi) is 4.22. The van der Waals surface area contributed by atoms with Crippen molar-refractivity contribution < 1.29 is 5.11 Å². The van der Waals surface area contributed by atoms with Gasteiger partial charge in [0.25, 0.3) is 0 Å². The molecule has 4 aromatic rings. The summed E-state index contributed by atoms with van der Waals surface area (Å²) in [6.07, 6.45) is 6.87. The molecule has 1 unspecified atom stereocenters. The van der Waals surface area contributed by atoms with Gasteiger partial charge < -0.3 is 10.0 Å². The zero-order valence-electron chi connectivity index (χ0n) is 15.0. The lowest BCUT2D eigenvalue weighted by atomic mass is 10.0. The first-order valence-electron chi connectivity index (χ1n) is 9.19. The quantitative estimate of drug-likeness (QED) is 0.510. The summed E-state index contributed by atoms with van der Waals surface area (Å²) in [5.74, 6) is 0. The van der Waals surface area contributed by atoms with Crippen molar-refractivity contribution in [1.29, 1.82) is 0 Å². The zero-order valence-corrected chi connectivity index (χ0v) is 15.8. The topological polar surface area (TPSA) is 77.9 Å². The van der Waals surface area contributed by atoms with Crippen molar-refractivity contribution in [2.45, 2.75) is 19.1 Å². The van der Waals surface area contributed by atoms with Gasteiger partial charge in [0.05, 0.1) is 6.20 Å². The number of hydrogen-bond acceptors (Lipinski definition) is 5. The van der Waals surface area contributed by atoms with E-state index >= 15 is 0 Å². The van der Waals surface area contributed by atoms with E-state index in [-0.39, 0.29) is 6.23 Å². The molecule has 0 saturated carbocycles. The van der Waals surface area contributed by atoms with Gasteiger partial charge >= 0.3 is 0 Å². The monoisotopic (exact) mass is 391 g/mol. The molecule has 1 saturated heterocycles. The highest BCUT2D eigenvalue weighted by atomic mass is 35.5. The van der Waals surface area contributed by atoms with E-state index in [1.54, 1.807) is 6.20 Å². The molecule has 1 aliphatic rings. The Hall–Kier alpha value is -2.96. The van der Waals surface area contributed by atoms with Crippen LogP contribution in [0.1, 0.15) is 12.8 Å². The largest absolute Gasteiger partial charge is 0.374 e. The first-order valence-corrected chi connectivity index (χ1v) is 9.57. The fourth-order valence-corrected chi connectivity index (χ4v) is 3.97. The number of aromatic nitrogens is 4. The molecule has 1 aliphatic heterocycles. The zero-order chi connectivity index (χ0) is 19.1. The second kappa shape index (κ2) is 6.89. The minimum absolute atomic E-state index is 0.385. The summed E-state index contributed by atoms with van der Waals surface area (Å²) in [5, 5.41) is 18.3. The Morgan fingerprint density at radius 3 is 2.64 bits per heavy atom. The Labute approximate surface area is 166 Å². The summed E-state index contributed by atoms with van der Waals surface area (Å²) >= 11 is 6.17. The SMILES string of the molecule is OC1CCCN1c1ccc(-c2cncc(-c3cc(Cl)nc4[nH]ncc34)c2)cc1. The molecular formula is C21H18ClN5O. The molecule has 0 bridgehead atoms. The first-order chi connectivity index (χ1) is 13.7. The maximum atomic E-state index is 10.1. The molecule has 6 nitrogen and oxygen atoms in total. The number of halogens is 1. The molecule has 7 heteroatoms. The standard InChI is InChI=1S/C21H18ClN5O/c22-19-9-17(18-12-24-26-21(18)25-19)15-8-14(10-23-11-15)13-3-5-16(6-4-13)27-7-1-2-20(27)28/h3-6,8-12,20,28H,1-2,7H2,(H,24,25,26). The number of H-pyrrole nitrogens is 1. The van der Waals surface area contributed by atoms with E-state index in [9.17, 15) is 5.11 Å². The van der Waals surface area contributed by atoms with E-state index < -0.39 is 0 Å². The molecule has 0 amide bonds. The van der Waals surface area contributed by atoms with E-state index in [1.807, 2.05) is 35.5 Å². The van der Waals surface area contributed by atoms with Gasteiger partial charge in [0.15, 0.2) is 5.65 Å². The number of anilines is 1. The summed E-state index contributed by atoms with van der Waals surface area (Å²) in [5.41, 5.74) is 5.66. The molecule has 0 spiro atoms. The van der Waals surface area contributed by atoms with Crippen molar-refractivity contribution in [1.82, 2.24) is 20.2 Å². The van der Waals surface area contributed by atoms with E-state index in [4.69, 9.17) is 11.6 Å². The van der Waals surface area contributed by atoms with E-state index in [2.05, 4.69) is 38.4 Å². The third kappa shape index (κ3) is 3.00. The van der Waals surface area contributed by atoms with Gasteiger partial charge in [-0.05, 0) is 48.2 Å². The van der Waals surface area contributed by atoms with Gasteiger partial charge in [-0.15, -0.1) is 0 Å². The lowest BCUT2D eigenvalue weighted by molar-refractivity contribution is 0.186. The second-order valence-corrected chi connectivity index (χ2v) is 7.34. The van der Waals surface area contributed by atoms with E-state index in [1.165, 1.54) is 0 Å². The number of pyridine rings is 2. The number of aliphatic hydroxyl groups is 1. The molecule has 3 aromatic heterocycles. The smallest absolute Gasteiger partial charge is 0.157 e. The highest BCUT2D eigenvalue weighted by Gasteiger charge is 2.22. The van der Waals surface area contributed by atoms with Crippen molar-refractivity contribution in [3.8, 4) is 22.3 Å². The first kappa shape index (κ1) is 17.2. The van der Waals surface area contributed by atoms with E-state index in [0.717, 1.165) is 52.7 Å². The maximum Gasteiger partial charge on any atom is 0.157 e. The predicted octanol–water partition coefficient (Wildman–Crippen LogP) is 4.26. The predicted molar refractivity (Wildman–Crippen MR) is 110 cm³/mol. The molecule has 1 aromatic carbocycles. The minimum atomic E-state index is -0.385. The number of benzene rings is 1. The molecule has 0 aliphatic carbocycles. The molecule has 1 atom stereocenters. The van der Waals surface area contributed by atoms with Crippen molar-refractivity contribution in [3.63, 3.8) is 0 Å². The molecule has 1 fully saturated rings. The van der Waals surface area contributed by atoms with Crippen LogP contribution in [0.4, 0.5) is 5.69 Å². The molecular weight excluding hydrogens is 374 g/mol. The second-order valence-electron chi connectivity index (χ2n) is 6.95. The van der Waals surface area contributed by atoms with Crippen LogP contribution in [-0.2, 0) is 0 Å². The fraction of sp³-hybridized carbons (Fsp3) is 0.190. The number of hydrogen-bond donors (Lipinski definition) is 2. The molecule has 28 heavy (non-hydrogen) atoms. The number of nitrogens with zero attached hydrogens (tertiary/aromatic N) is 4.